The van der Waals surface area contributed by atoms with Gasteiger partial charge >= 0.3 is 6.18 Å². The molecule has 4 aromatic rings. The number of aliphatic hydroxyl groups is 1. The first kappa shape index (κ1) is 23.3. The molecule has 1 aliphatic carbocycles. The second kappa shape index (κ2) is 9.30. The molecule has 0 radical (unpaired) electrons. The van der Waals surface area contributed by atoms with Crippen molar-refractivity contribution in [2.45, 2.75) is 50.2 Å². The van der Waals surface area contributed by atoms with Gasteiger partial charge in [-0.15, -0.1) is 11.3 Å². The van der Waals surface area contributed by atoms with Crippen molar-refractivity contribution >= 4 is 49.7 Å². The monoisotopic (exact) mass is 506 g/mol. The molecule has 0 bridgehead atoms. The number of aromatic nitrogens is 2. The van der Waals surface area contributed by atoms with Crippen molar-refractivity contribution in [2.75, 3.05) is 5.32 Å². The second-order valence-electron chi connectivity index (χ2n) is 8.54. The maximum Gasteiger partial charge on any atom is 0.433 e. The van der Waals surface area contributed by atoms with Crippen molar-refractivity contribution in [1.29, 1.82) is 0 Å². The molecule has 178 valence electrons. The predicted octanol–water partition coefficient (Wildman–Crippen LogP) is 6.52. The van der Waals surface area contributed by atoms with E-state index < -0.39 is 18.1 Å². The van der Waals surface area contributed by atoms with Gasteiger partial charge in [0.25, 0.3) is 0 Å². The summed E-state index contributed by atoms with van der Waals surface area (Å²) in [6.07, 6.45) is -2.20. The van der Waals surface area contributed by atoms with Crippen molar-refractivity contribution in [3.05, 3.63) is 64.3 Å². The first-order chi connectivity index (χ1) is 16.3. The van der Waals surface area contributed by atoms with E-state index in [-0.39, 0.29) is 17.6 Å². The highest BCUT2D eigenvalue weighted by Crippen LogP contribution is 2.35. The van der Waals surface area contributed by atoms with Gasteiger partial charge in [0.05, 0.1) is 21.2 Å². The van der Waals surface area contributed by atoms with Crippen LogP contribution < -0.4 is 10.6 Å². The maximum atomic E-state index is 13.5. The average molecular weight is 507 g/mol. The van der Waals surface area contributed by atoms with E-state index in [2.05, 4.69) is 20.6 Å². The second-order valence-corrected chi connectivity index (χ2v) is 9.83. The zero-order valence-electron chi connectivity index (χ0n) is 17.9. The van der Waals surface area contributed by atoms with Gasteiger partial charge in [-0.2, -0.15) is 13.2 Å². The van der Waals surface area contributed by atoms with Crippen LogP contribution in [0.2, 0.25) is 5.02 Å². The fourth-order valence-electron chi connectivity index (χ4n) is 4.59. The molecule has 1 saturated carbocycles. The highest BCUT2D eigenvalue weighted by atomic mass is 35.5. The van der Waals surface area contributed by atoms with Gasteiger partial charge in [0.2, 0.25) is 0 Å². The molecule has 3 N–H and O–H groups in total. The summed E-state index contributed by atoms with van der Waals surface area (Å²) in [4.78, 5) is 8.07. The molecule has 3 atom stereocenters. The first-order valence-corrected chi connectivity index (χ1v) is 12.2. The zero-order valence-corrected chi connectivity index (χ0v) is 19.5. The molecule has 10 heteroatoms. The molecule has 0 aliphatic heterocycles. The van der Waals surface area contributed by atoms with E-state index in [1.54, 1.807) is 11.6 Å². The van der Waals surface area contributed by atoms with Crippen LogP contribution >= 0.6 is 22.9 Å². The molecule has 0 amide bonds. The van der Waals surface area contributed by atoms with E-state index in [0.29, 0.717) is 22.5 Å². The largest absolute Gasteiger partial charge is 0.433 e. The van der Waals surface area contributed by atoms with Crippen LogP contribution in [0.25, 0.3) is 21.1 Å². The molecule has 2 heterocycles. The Labute approximate surface area is 203 Å². The van der Waals surface area contributed by atoms with Crippen molar-refractivity contribution in [3.63, 3.8) is 0 Å². The van der Waals surface area contributed by atoms with E-state index in [4.69, 9.17) is 11.6 Å². The van der Waals surface area contributed by atoms with Gasteiger partial charge in [-0.05, 0) is 56.0 Å². The van der Waals surface area contributed by atoms with Crippen LogP contribution in [0.1, 0.15) is 43.2 Å². The summed E-state index contributed by atoms with van der Waals surface area (Å²) in [5, 5.41) is 18.4. The maximum absolute atomic E-state index is 13.5. The summed E-state index contributed by atoms with van der Waals surface area (Å²) in [6.45, 7) is 0. The lowest BCUT2D eigenvalue weighted by Gasteiger charge is -2.33. The third kappa shape index (κ3) is 4.84. The Hall–Kier alpha value is -2.46. The van der Waals surface area contributed by atoms with Crippen molar-refractivity contribution in [1.82, 2.24) is 15.3 Å². The lowest BCUT2D eigenvalue weighted by molar-refractivity contribution is -0.140. The standard InChI is InChI=1S/C24H22ClF3N4OS/c25-13-7-8-18-17(9-13)20(11-21(32-18)24(26,27)28)30-14-3-1-4-15(10-14)31-23(33)16-5-2-6-19-22(16)34-12-29-19/h2,5-9,11-12,14-15,23,31,33H,1,3-4,10H2,(H,30,32)/t14-,15+,23?/m0/s1. The molecule has 2 aromatic carbocycles. The van der Waals surface area contributed by atoms with E-state index in [1.807, 2.05) is 18.2 Å². The molecule has 1 fully saturated rings. The van der Waals surface area contributed by atoms with Crippen LogP contribution in [0, 0.1) is 0 Å². The number of fused-ring (bicyclic) bond motifs is 2. The highest BCUT2D eigenvalue weighted by molar-refractivity contribution is 7.16. The molecule has 2 aromatic heterocycles. The Bertz CT molecular complexity index is 1330. The third-order valence-corrected chi connectivity index (χ3v) is 7.30. The lowest BCUT2D eigenvalue weighted by Crippen LogP contribution is -2.40. The van der Waals surface area contributed by atoms with Gasteiger partial charge < -0.3 is 10.4 Å². The van der Waals surface area contributed by atoms with Crippen LogP contribution in [0.5, 0.6) is 0 Å². The number of hydrogen-bond donors (Lipinski definition) is 3. The van der Waals surface area contributed by atoms with Gasteiger partial charge in [-0.25, -0.2) is 9.97 Å². The lowest BCUT2D eigenvalue weighted by atomic mass is 9.90. The number of benzene rings is 2. The number of alkyl halides is 3. The Balaban J connectivity index is 1.35. The number of nitrogens with zero attached hydrogens (tertiary/aromatic N) is 2. The Morgan fingerprint density at radius 3 is 2.74 bits per heavy atom. The van der Waals surface area contributed by atoms with E-state index >= 15 is 0 Å². The molecule has 1 unspecified atom stereocenters. The number of pyridine rings is 1. The highest BCUT2D eigenvalue weighted by Gasteiger charge is 2.34. The van der Waals surface area contributed by atoms with Crippen molar-refractivity contribution in [3.8, 4) is 0 Å². The normalized spacial score (nSPS) is 20.0. The molecule has 1 aliphatic rings. The smallest absolute Gasteiger partial charge is 0.382 e. The molecule has 0 saturated heterocycles. The van der Waals surface area contributed by atoms with Crippen LogP contribution in [0.15, 0.2) is 48.0 Å². The minimum atomic E-state index is -4.55. The molecular weight excluding hydrogens is 485 g/mol. The molecular formula is C24H22ClF3N4OS. The van der Waals surface area contributed by atoms with Crippen LogP contribution in [0.4, 0.5) is 18.9 Å². The van der Waals surface area contributed by atoms with Crippen LogP contribution in [-0.4, -0.2) is 27.2 Å². The number of thiazole rings is 1. The number of halogens is 4. The SMILES string of the molecule is OC(N[C@@H]1CCC[C@H](Nc2cc(C(F)(F)F)nc3ccc(Cl)cc23)C1)c1cccc2ncsc12. The molecule has 5 nitrogen and oxygen atoms in total. The topological polar surface area (TPSA) is 70.1 Å². The fourth-order valence-corrected chi connectivity index (χ4v) is 5.59. The van der Waals surface area contributed by atoms with E-state index in [9.17, 15) is 18.3 Å². The van der Waals surface area contributed by atoms with Gasteiger partial charge in [-0.1, -0.05) is 23.7 Å². The molecule has 5 rings (SSSR count). The number of anilines is 1. The fraction of sp³-hybridized carbons (Fsp3) is 0.333. The van der Waals surface area contributed by atoms with Gasteiger partial charge in [0.15, 0.2) is 0 Å². The van der Waals surface area contributed by atoms with Crippen molar-refractivity contribution in [2.24, 2.45) is 0 Å². The Morgan fingerprint density at radius 2 is 1.91 bits per heavy atom. The van der Waals surface area contributed by atoms with E-state index in [1.165, 1.54) is 23.5 Å². The minimum absolute atomic E-state index is 0.00297. The molecule has 0 spiro atoms. The summed E-state index contributed by atoms with van der Waals surface area (Å²) in [6, 6.07) is 11.3. The van der Waals surface area contributed by atoms with Gasteiger partial charge in [0.1, 0.15) is 11.9 Å². The number of aliphatic hydroxyl groups excluding tert-OH is 1. The number of hydrogen-bond acceptors (Lipinski definition) is 6. The minimum Gasteiger partial charge on any atom is -0.382 e. The van der Waals surface area contributed by atoms with Crippen LogP contribution in [0.3, 0.4) is 0 Å². The average Bonchev–Trinajstić information content (AvgIpc) is 3.28. The number of nitrogens with one attached hydrogen (secondary N) is 2. The quantitative estimate of drug-likeness (QED) is 0.269. The van der Waals surface area contributed by atoms with Crippen molar-refractivity contribution < 1.29 is 18.3 Å². The Morgan fingerprint density at radius 1 is 1.09 bits per heavy atom. The predicted molar refractivity (Wildman–Crippen MR) is 129 cm³/mol. The first-order valence-electron chi connectivity index (χ1n) is 11.0. The summed E-state index contributed by atoms with van der Waals surface area (Å²) >= 11 is 7.60. The van der Waals surface area contributed by atoms with Gasteiger partial charge in [-0.3, -0.25) is 5.32 Å². The third-order valence-electron chi connectivity index (χ3n) is 6.17. The zero-order chi connectivity index (χ0) is 23.9. The van der Waals surface area contributed by atoms with E-state index in [0.717, 1.165) is 41.1 Å². The van der Waals surface area contributed by atoms with Gasteiger partial charge in [0, 0.05) is 33.7 Å². The summed E-state index contributed by atoms with van der Waals surface area (Å²) in [7, 11) is 0. The summed E-state index contributed by atoms with van der Waals surface area (Å²) in [5.74, 6) is 0. The Kier molecular flexibility index (Phi) is 6.37. The summed E-state index contributed by atoms with van der Waals surface area (Å²) < 4.78 is 41.3. The number of rotatable bonds is 5. The van der Waals surface area contributed by atoms with Crippen LogP contribution in [-0.2, 0) is 6.18 Å². The molecule has 34 heavy (non-hydrogen) atoms. The summed E-state index contributed by atoms with van der Waals surface area (Å²) in [5.41, 5.74) is 3.03.